The van der Waals surface area contributed by atoms with Gasteiger partial charge in [0.15, 0.2) is 5.13 Å². The second-order valence-corrected chi connectivity index (χ2v) is 9.68. The predicted octanol–water partition coefficient (Wildman–Crippen LogP) is 4.88. The monoisotopic (exact) mass is 466 g/mol. The Labute approximate surface area is 198 Å². The third-order valence-corrected chi connectivity index (χ3v) is 6.83. The molecule has 0 aliphatic carbocycles. The molecule has 5 N–H and O–H groups in total. The third-order valence-electron chi connectivity index (χ3n) is 5.84. The van der Waals surface area contributed by atoms with Crippen LogP contribution in [0, 0.1) is 0 Å². The first-order valence-electron chi connectivity index (χ1n) is 11.2. The quantitative estimate of drug-likeness (QED) is 0.333. The highest BCUT2D eigenvalue weighted by Gasteiger charge is 2.28. The zero-order valence-electron chi connectivity index (χ0n) is 19.0. The van der Waals surface area contributed by atoms with E-state index in [-0.39, 0.29) is 22.9 Å². The number of phenolic OH excluding ortho intramolecular Hbond substituents is 1. The highest BCUT2D eigenvalue weighted by molar-refractivity contribution is 7.18. The molecule has 0 saturated carbocycles. The van der Waals surface area contributed by atoms with Gasteiger partial charge in [0.1, 0.15) is 28.8 Å². The second kappa shape index (κ2) is 9.80. The van der Waals surface area contributed by atoms with Crippen molar-refractivity contribution in [2.24, 2.45) is 0 Å². The molecular weight excluding hydrogens is 436 g/mol. The van der Waals surface area contributed by atoms with E-state index in [9.17, 15) is 9.90 Å². The topological polar surface area (TPSA) is 110 Å². The summed E-state index contributed by atoms with van der Waals surface area (Å²) in [7, 11) is 0. The van der Waals surface area contributed by atoms with Crippen molar-refractivity contribution in [2.45, 2.75) is 45.1 Å². The largest absolute Gasteiger partial charge is 0.508 e. The fourth-order valence-corrected chi connectivity index (χ4v) is 4.82. The molecule has 1 saturated heterocycles. The number of nitrogens with one attached hydrogen (secondary N) is 2. The molecule has 174 valence electrons. The molecule has 0 amide bonds. The van der Waals surface area contributed by atoms with Gasteiger partial charge in [-0.2, -0.15) is 0 Å². The van der Waals surface area contributed by atoms with Crippen LogP contribution in [0.25, 0.3) is 0 Å². The average molecular weight is 467 g/mol. The number of aryl methyl sites for hydroxylation is 1. The van der Waals surface area contributed by atoms with E-state index >= 15 is 0 Å². The molecule has 2 heterocycles. The smallest absolute Gasteiger partial charge is 0.206 e. The number of rotatable bonds is 9. The zero-order chi connectivity index (χ0) is 23.4. The number of ketones is 1. The Kier molecular flexibility index (Phi) is 6.85. The fraction of sp³-hybridized carbons (Fsp3) is 0.360. The number of aromatic hydroxyl groups is 1. The highest BCUT2D eigenvalue weighted by Crippen LogP contribution is 2.31. The van der Waals surface area contributed by atoms with Crippen molar-refractivity contribution in [3.8, 4) is 11.5 Å². The van der Waals surface area contributed by atoms with E-state index in [0.717, 1.165) is 36.4 Å². The van der Waals surface area contributed by atoms with Crippen LogP contribution in [0.5, 0.6) is 11.5 Å². The number of hydrogen-bond donors (Lipinski definition) is 4. The number of carbonyl (C=O) groups is 1. The van der Waals surface area contributed by atoms with E-state index in [1.165, 1.54) is 17.8 Å². The van der Waals surface area contributed by atoms with Crippen LogP contribution < -0.4 is 21.1 Å². The van der Waals surface area contributed by atoms with E-state index in [1.54, 1.807) is 18.2 Å². The summed E-state index contributed by atoms with van der Waals surface area (Å²) in [6.07, 6.45) is 3.87. The van der Waals surface area contributed by atoms with Crippen molar-refractivity contribution >= 4 is 33.8 Å². The summed E-state index contributed by atoms with van der Waals surface area (Å²) in [4.78, 5) is 17.7. The number of carbonyl (C=O) groups excluding carboxylic acids is 1. The Hall–Kier alpha value is -3.10. The molecule has 7 nitrogen and oxygen atoms in total. The molecule has 1 aliphatic heterocycles. The van der Waals surface area contributed by atoms with Gasteiger partial charge in [-0.1, -0.05) is 24.7 Å². The summed E-state index contributed by atoms with van der Waals surface area (Å²) in [5.41, 5.74) is 8.17. The maximum atomic E-state index is 13.0. The Balaban J connectivity index is 1.42. The summed E-state index contributed by atoms with van der Waals surface area (Å²) in [5.74, 6) is 0.998. The number of nitrogens with zero attached hydrogens (tertiary/aromatic N) is 1. The molecular formula is C25H30N4O3S. The summed E-state index contributed by atoms with van der Waals surface area (Å²) in [6, 6.07) is 12.6. The lowest BCUT2D eigenvalue weighted by Gasteiger charge is -2.24. The minimum atomic E-state index is -0.201. The van der Waals surface area contributed by atoms with Crippen LogP contribution in [-0.4, -0.2) is 34.6 Å². The van der Waals surface area contributed by atoms with E-state index in [1.807, 2.05) is 31.2 Å². The minimum absolute atomic E-state index is 0.0348. The van der Waals surface area contributed by atoms with Gasteiger partial charge in [-0.05, 0) is 80.8 Å². The normalized spacial score (nSPS) is 17.8. The van der Waals surface area contributed by atoms with E-state index in [2.05, 4.69) is 22.5 Å². The number of hydrogen-bond acceptors (Lipinski definition) is 8. The van der Waals surface area contributed by atoms with Crippen LogP contribution in [0.1, 0.15) is 53.9 Å². The molecule has 0 unspecified atom stereocenters. The molecule has 33 heavy (non-hydrogen) atoms. The number of anilines is 3. The number of thiazole rings is 1. The van der Waals surface area contributed by atoms with E-state index in [4.69, 9.17) is 10.5 Å². The summed E-state index contributed by atoms with van der Waals surface area (Å²) < 4.78 is 5.95. The molecule has 0 bridgehead atoms. The number of ether oxygens (including phenoxy) is 1. The van der Waals surface area contributed by atoms with Crippen LogP contribution in [0.15, 0.2) is 42.5 Å². The van der Waals surface area contributed by atoms with Crippen molar-refractivity contribution in [3.63, 3.8) is 0 Å². The first-order chi connectivity index (χ1) is 15.9. The molecule has 3 aromatic rings. The minimum Gasteiger partial charge on any atom is -0.508 e. The Morgan fingerprint density at radius 1 is 1.30 bits per heavy atom. The summed E-state index contributed by atoms with van der Waals surface area (Å²) in [6.45, 7) is 5.88. The Bertz CT molecular complexity index is 1120. The fourth-order valence-electron chi connectivity index (χ4n) is 3.96. The van der Waals surface area contributed by atoms with Crippen LogP contribution >= 0.6 is 11.3 Å². The lowest BCUT2D eigenvalue weighted by atomic mass is 10.0. The third kappa shape index (κ3) is 5.46. The predicted molar refractivity (Wildman–Crippen MR) is 133 cm³/mol. The molecule has 1 aliphatic rings. The van der Waals surface area contributed by atoms with Crippen molar-refractivity contribution in [1.82, 2.24) is 10.3 Å². The average Bonchev–Trinajstić information content (AvgIpc) is 3.40. The lowest BCUT2D eigenvalue weighted by molar-refractivity contribution is 0.104. The Morgan fingerprint density at radius 2 is 2.09 bits per heavy atom. The van der Waals surface area contributed by atoms with Gasteiger partial charge >= 0.3 is 0 Å². The maximum absolute atomic E-state index is 13.0. The van der Waals surface area contributed by atoms with Gasteiger partial charge in [-0.15, -0.1) is 0 Å². The molecule has 1 atom stereocenters. The second-order valence-electron chi connectivity index (χ2n) is 8.69. The molecule has 2 aromatic carbocycles. The zero-order valence-corrected chi connectivity index (χ0v) is 19.8. The SMILES string of the molecule is CCCc1cc(C(=O)c2sc(Nc3ccc(OC[C@@]4(C)CCCN4)cc3)nc2N)ccc1O. The van der Waals surface area contributed by atoms with Gasteiger partial charge < -0.3 is 26.2 Å². The van der Waals surface area contributed by atoms with E-state index in [0.29, 0.717) is 28.6 Å². The van der Waals surface area contributed by atoms with Gasteiger partial charge in [0.25, 0.3) is 0 Å². The van der Waals surface area contributed by atoms with Crippen LogP contribution in [0.4, 0.5) is 16.6 Å². The number of nitrogen functional groups attached to an aromatic ring is 1. The molecule has 1 aromatic heterocycles. The standard InChI is InChI=1S/C25H30N4O3S/c1-3-5-16-14-17(6-11-20(16)30)21(31)22-23(26)29-24(33-22)28-18-7-9-19(10-8-18)32-15-25(2)12-4-13-27-25/h6-11,14,27,30H,3-5,12-13,15,26H2,1-2H3,(H,28,29)/t25-/m1/s1. The summed E-state index contributed by atoms with van der Waals surface area (Å²) in [5, 5.41) is 17.2. The Morgan fingerprint density at radius 3 is 2.79 bits per heavy atom. The number of benzene rings is 2. The molecule has 0 radical (unpaired) electrons. The molecule has 0 spiro atoms. The number of aromatic nitrogens is 1. The molecule has 4 rings (SSSR count). The van der Waals surface area contributed by atoms with Crippen molar-refractivity contribution in [3.05, 3.63) is 58.5 Å². The van der Waals surface area contributed by atoms with Gasteiger partial charge in [-0.25, -0.2) is 4.98 Å². The van der Waals surface area contributed by atoms with Crippen molar-refractivity contribution in [1.29, 1.82) is 0 Å². The summed E-state index contributed by atoms with van der Waals surface area (Å²) >= 11 is 1.21. The molecule has 8 heteroatoms. The first-order valence-corrected chi connectivity index (χ1v) is 12.1. The van der Waals surface area contributed by atoms with Crippen molar-refractivity contribution < 1.29 is 14.6 Å². The van der Waals surface area contributed by atoms with Gasteiger partial charge in [0, 0.05) is 16.8 Å². The van der Waals surface area contributed by atoms with Crippen LogP contribution in [0.2, 0.25) is 0 Å². The van der Waals surface area contributed by atoms with Crippen LogP contribution in [-0.2, 0) is 6.42 Å². The van der Waals surface area contributed by atoms with Crippen LogP contribution in [0.3, 0.4) is 0 Å². The van der Waals surface area contributed by atoms with E-state index < -0.39 is 0 Å². The highest BCUT2D eigenvalue weighted by atomic mass is 32.1. The maximum Gasteiger partial charge on any atom is 0.206 e. The number of phenols is 1. The molecule has 1 fully saturated rings. The number of nitrogens with two attached hydrogens (primary N) is 1. The van der Waals surface area contributed by atoms with Gasteiger partial charge in [0.05, 0.1) is 0 Å². The van der Waals surface area contributed by atoms with Crippen molar-refractivity contribution in [2.75, 3.05) is 24.2 Å². The van der Waals surface area contributed by atoms with Gasteiger partial charge in [-0.3, -0.25) is 4.79 Å². The van der Waals surface area contributed by atoms with Gasteiger partial charge in [0.2, 0.25) is 5.78 Å². The lowest BCUT2D eigenvalue weighted by Crippen LogP contribution is -2.42. The first kappa shape index (κ1) is 23.1.